The second-order valence-electron chi connectivity index (χ2n) is 6.25. The molecule has 0 saturated heterocycles. The molecule has 3 rings (SSSR count). The van der Waals surface area contributed by atoms with Gasteiger partial charge < -0.3 is 14.3 Å². The van der Waals surface area contributed by atoms with E-state index in [-0.39, 0.29) is 34.5 Å². The van der Waals surface area contributed by atoms with Crippen LogP contribution in [0.15, 0.2) is 45.9 Å². The minimum absolute atomic E-state index is 0.0396. The number of nitro benzene ring substituents is 1. The van der Waals surface area contributed by atoms with E-state index in [1.54, 1.807) is 0 Å². The van der Waals surface area contributed by atoms with Gasteiger partial charge in [-0.3, -0.25) is 14.9 Å². The molecule has 1 N–H and O–H groups in total. The number of aliphatic hydroxyl groups is 1. The number of hydrogen-bond donors (Lipinski definition) is 1. The summed E-state index contributed by atoms with van der Waals surface area (Å²) in [5.74, 6) is -1.33. The molecule has 12 heteroatoms. The maximum Gasteiger partial charge on any atom is 0.438 e. The highest BCUT2D eigenvalue weighted by Crippen LogP contribution is 2.41. The van der Waals surface area contributed by atoms with Gasteiger partial charge in [-0.05, 0) is 31.2 Å². The minimum Gasteiger partial charge on any atom is -0.486 e. The van der Waals surface area contributed by atoms with Gasteiger partial charge in [0.15, 0.2) is 5.76 Å². The SMILES string of the molecule is CC1=NN(C(=O)c2ccc(COc3ccc([N+](=O)[O-])cc3)o2)[C@@](O)(C(F)(F)F)C1. The van der Waals surface area contributed by atoms with Gasteiger partial charge in [0, 0.05) is 24.3 Å². The summed E-state index contributed by atoms with van der Waals surface area (Å²) in [6, 6.07) is 7.64. The molecule has 1 aliphatic rings. The standard InChI is InChI=1S/C17H14F3N3O6/c1-10-8-16(25,17(18,19)20)22(21-10)15(24)14-7-6-13(29-14)9-28-12-4-2-11(3-5-12)23(26)27/h2-7,25H,8-9H2,1H3/t16-/m0/s1. The third-order valence-corrected chi connectivity index (χ3v) is 4.07. The van der Waals surface area contributed by atoms with Gasteiger partial charge in [-0.1, -0.05) is 0 Å². The number of nitro groups is 1. The Morgan fingerprint density at radius 3 is 2.59 bits per heavy atom. The Morgan fingerprint density at radius 2 is 2.00 bits per heavy atom. The number of hydrazone groups is 1. The molecular formula is C17H14F3N3O6. The van der Waals surface area contributed by atoms with Crippen LogP contribution in [0.2, 0.25) is 0 Å². The average Bonchev–Trinajstić information content (AvgIpc) is 3.24. The van der Waals surface area contributed by atoms with Crippen LogP contribution in [-0.2, 0) is 6.61 Å². The van der Waals surface area contributed by atoms with E-state index in [1.165, 1.54) is 37.3 Å². The van der Waals surface area contributed by atoms with Crippen LogP contribution < -0.4 is 4.74 Å². The van der Waals surface area contributed by atoms with E-state index < -0.39 is 34.9 Å². The third kappa shape index (κ3) is 3.92. The zero-order valence-electron chi connectivity index (χ0n) is 14.8. The number of ether oxygens (including phenoxy) is 1. The lowest BCUT2D eigenvalue weighted by molar-refractivity contribution is -0.384. The lowest BCUT2D eigenvalue weighted by atomic mass is 10.1. The van der Waals surface area contributed by atoms with Crippen molar-refractivity contribution < 1.29 is 37.1 Å². The molecule has 1 aromatic carbocycles. The molecule has 2 aromatic rings. The van der Waals surface area contributed by atoms with Gasteiger partial charge in [0.1, 0.15) is 18.1 Å². The van der Waals surface area contributed by atoms with Crippen molar-refractivity contribution in [3.63, 3.8) is 0 Å². The molecule has 1 atom stereocenters. The summed E-state index contributed by atoms with van der Waals surface area (Å²) in [7, 11) is 0. The first-order valence-electron chi connectivity index (χ1n) is 8.15. The number of carbonyl (C=O) groups is 1. The molecule has 0 bridgehead atoms. The van der Waals surface area contributed by atoms with Crippen molar-refractivity contribution in [1.82, 2.24) is 5.01 Å². The predicted octanol–water partition coefficient (Wildman–Crippen LogP) is 3.24. The van der Waals surface area contributed by atoms with Gasteiger partial charge in [0.2, 0.25) is 0 Å². The number of benzene rings is 1. The molecule has 154 valence electrons. The summed E-state index contributed by atoms with van der Waals surface area (Å²) in [6.45, 7) is 1.08. The highest BCUT2D eigenvalue weighted by Gasteiger charge is 2.63. The quantitative estimate of drug-likeness (QED) is 0.594. The Morgan fingerprint density at radius 1 is 1.34 bits per heavy atom. The number of alkyl halides is 3. The summed E-state index contributed by atoms with van der Waals surface area (Å²) >= 11 is 0. The number of hydrogen-bond acceptors (Lipinski definition) is 7. The van der Waals surface area contributed by atoms with Crippen molar-refractivity contribution in [3.05, 3.63) is 58.0 Å². The summed E-state index contributed by atoms with van der Waals surface area (Å²) in [5.41, 5.74) is -3.63. The fraction of sp³-hybridized carbons (Fsp3) is 0.294. The van der Waals surface area contributed by atoms with E-state index in [0.29, 0.717) is 0 Å². The Labute approximate surface area is 161 Å². The first-order chi connectivity index (χ1) is 13.5. The Balaban J connectivity index is 1.70. The largest absolute Gasteiger partial charge is 0.486 e. The van der Waals surface area contributed by atoms with Crippen molar-refractivity contribution in [2.75, 3.05) is 0 Å². The highest BCUT2D eigenvalue weighted by molar-refractivity contribution is 5.96. The molecule has 2 heterocycles. The number of amides is 1. The van der Waals surface area contributed by atoms with Crippen LogP contribution in [0.5, 0.6) is 5.75 Å². The molecule has 1 aliphatic heterocycles. The smallest absolute Gasteiger partial charge is 0.438 e. The average molecular weight is 413 g/mol. The van der Waals surface area contributed by atoms with Crippen molar-refractivity contribution >= 4 is 17.3 Å². The van der Waals surface area contributed by atoms with E-state index in [0.717, 1.165) is 6.07 Å². The molecular weight excluding hydrogens is 399 g/mol. The number of halogens is 3. The maximum atomic E-state index is 13.2. The highest BCUT2D eigenvalue weighted by atomic mass is 19.4. The van der Waals surface area contributed by atoms with Gasteiger partial charge in [0.05, 0.1) is 4.92 Å². The topological polar surface area (TPSA) is 118 Å². The number of rotatable bonds is 5. The molecule has 0 aliphatic carbocycles. The van der Waals surface area contributed by atoms with Crippen LogP contribution in [0.25, 0.3) is 0 Å². The minimum atomic E-state index is -5.11. The molecule has 1 amide bonds. The van der Waals surface area contributed by atoms with E-state index in [2.05, 4.69) is 5.10 Å². The molecule has 1 aromatic heterocycles. The first-order valence-corrected chi connectivity index (χ1v) is 8.15. The Kier molecular flexibility index (Phi) is 5.05. The fourth-order valence-electron chi connectivity index (χ4n) is 2.65. The van der Waals surface area contributed by atoms with E-state index in [4.69, 9.17) is 9.15 Å². The van der Waals surface area contributed by atoms with Gasteiger partial charge in [-0.25, -0.2) is 0 Å². The molecule has 0 saturated carbocycles. The second-order valence-corrected chi connectivity index (χ2v) is 6.25. The maximum absolute atomic E-state index is 13.2. The fourth-order valence-corrected chi connectivity index (χ4v) is 2.65. The normalized spacial score (nSPS) is 19.2. The second kappa shape index (κ2) is 7.20. The summed E-state index contributed by atoms with van der Waals surface area (Å²) in [5, 5.41) is 24.0. The summed E-state index contributed by atoms with van der Waals surface area (Å²) in [6.07, 6.45) is -5.97. The van der Waals surface area contributed by atoms with Crippen LogP contribution in [-0.4, -0.2) is 38.6 Å². The van der Waals surface area contributed by atoms with Crippen LogP contribution in [0.1, 0.15) is 29.7 Å². The Hall–Kier alpha value is -3.41. The number of nitrogens with zero attached hydrogens (tertiary/aromatic N) is 3. The number of furan rings is 1. The van der Waals surface area contributed by atoms with Crippen molar-refractivity contribution in [3.8, 4) is 5.75 Å². The van der Waals surface area contributed by atoms with Crippen LogP contribution in [0.3, 0.4) is 0 Å². The molecule has 0 spiro atoms. The predicted molar refractivity (Wildman–Crippen MR) is 91.0 cm³/mol. The van der Waals surface area contributed by atoms with Crippen LogP contribution in [0, 0.1) is 10.1 Å². The van der Waals surface area contributed by atoms with E-state index >= 15 is 0 Å². The lowest BCUT2D eigenvalue weighted by Gasteiger charge is -2.32. The van der Waals surface area contributed by atoms with Gasteiger partial charge in [-0.2, -0.15) is 23.3 Å². The van der Waals surface area contributed by atoms with Gasteiger partial charge in [-0.15, -0.1) is 0 Å². The Bertz CT molecular complexity index is 970. The number of carbonyl (C=O) groups excluding carboxylic acids is 1. The van der Waals surface area contributed by atoms with Crippen molar-refractivity contribution in [1.29, 1.82) is 0 Å². The van der Waals surface area contributed by atoms with Gasteiger partial charge in [0.25, 0.3) is 11.4 Å². The molecule has 0 fully saturated rings. The van der Waals surface area contributed by atoms with Crippen molar-refractivity contribution in [2.45, 2.75) is 31.9 Å². The molecule has 29 heavy (non-hydrogen) atoms. The molecule has 0 radical (unpaired) electrons. The molecule has 9 nitrogen and oxygen atoms in total. The summed E-state index contributed by atoms with van der Waals surface area (Å²) < 4.78 is 50.2. The zero-order chi connectivity index (χ0) is 21.4. The zero-order valence-corrected chi connectivity index (χ0v) is 14.8. The van der Waals surface area contributed by atoms with Crippen LogP contribution in [0.4, 0.5) is 18.9 Å². The first kappa shape index (κ1) is 20.3. The number of non-ortho nitro benzene ring substituents is 1. The van der Waals surface area contributed by atoms with Crippen LogP contribution >= 0.6 is 0 Å². The lowest BCUT2D eigenvalue weighted by Crippen LogP contribution is -2.56. The van der Waals surface area contributed by atoms with E-state index in [1.807, 2.05) is 0 Å². The molecule has 0 unspecified atom stereocenters. The third-order valence-electron chi connectivity index (χ3n) is 4.07. The monoisotopic (exact) mass is 413 g/mol. The van der Waals surface area contributed by atoms with Gasteiger partial charge >= 0.3 is 12.1 Å². The van der Waals surface area contributed by atoms with Crippen molar-refractivity contribution in [2.24, 2.45) is 5.10 Å². The summed E-state index contributed by atoms with van der Waals surface area (Å²) in [4.78, 5) is 22.4. The van der Waals surface area contributed by atoms with E-state index in [9.17, 15) is 33.2 Å².